The summed E-state index contributed by atoms with van der Waals surface area (Å²) in [5, 5.41) is 0. The molecule has 0 aliphatic carbocycles. The van der Waals surface area contributed by atoms with Crippen molar-refractivity contribution < 1.29 is 16.8 Å². The lowest BCUT2D eigenvalue weighted by Gasteiger charge is -2.09. The number of benzene rings is 2. The van der Waals surface area contributed by atoms with Crippen LogP contribution in [0.25, 0.3) is 0 Å². The van der Waals surface area contributed by atoms with Gasteiger partial charge in [0.1, 0.15) is 0 Å². The molecule has 2 aromatic rings. The lowest BCUT2D eigenvalue weighted by Crippen LogP contribution is -2.13. The summed E-state index contributed by atoms with van der Waals surface area (Å²) in [6, 6.07) is 13.9. The van der Waals surface area contributed by atoms with Crippen LogP contribution in [0.4, 0.5) is 11.4 Å². The van der Waals surface area contributed by atoms with Crippen molar-refractivity contribution in [3.63, 3.8) is 0 Å². The number of anilines is 2. The monoisotopic (exact) mass is 326 g/mol. The molecule has 6 nitrogen and oxygen atoms in total. The smallest absolute Gasteiger partial charge is 0.261 e. The highest BCUT2D eigenvalue weighted by Crippen LogP contribution is 2.18. The van der Waals surface area contributed by atoms with Crippen LogP contribution in [0.15, 0.2) is 59.5 Å². The summed E-state index contributed by atoms with van der Waals surface area (Å²) in [5.74, 6) is 0. The van der Waals surface area contributed by atoms with E-state index in [1.165, 1.54) is 24.3 Å². The molecule has 0 aliphatic heterocycles. The van der Waals surface area contributed by atoms with E-state index >= 15 is 0 Å². The van der Waals surface area contributed by atoms with Gasteiger partial charge in [0.25, 0.3) is 10.0 Å². The standard InChI is InChI=1S/C13H14N2O4S2/c1-20(16,17)14-12-7-9-13(10-8-12)21(18,19)15-11-5-3-2-4-6-11/h2-10,14-15H,1H3. The maximum atomic E-state index is 12.1. The summed E-state index contributed by atoms with van der Waals surface area (Å²) in [6.45, 7) is 0. The highest BCUT2D eigenvalue weighted by molar-refractivity contribution is 7.92. The van der Waals surface area contributed by atoms with Crippen LogP contribution in [0.5, 0.6) is 0 Å². The Morgan fingerprint density at radius 2 is 1.24 bits per heavy atom. The lowest BCUT2D eigenvalue weighted by molar-refractivity contribution is 0.601. The number of para-hydroxylation sites is 1. The average Bonchev–Trinajstić information content (AvgIpc) is 2.38. The van der Waals surface area contributed by atoms with Gasteiger partial charge >= 0.3 is 0 Å². The van der Waals surface area contributed by atoms with Crippen LogP contribution in [-0.2, 0) is 20.0 Å². The first-order valence-electron chi connectivity index (χ1n) is 5.92. The molecule has 0 fully saturated rings. The topological polar surface area (TPSA) is 92.3 Å². The first kappa shape index (κ1) is 15.3. The van der Waals surface area contributed by atoms with Crippen LogP contribution in [0, 0.1) is 0 Å². The van der Waals surface area contributed by atoms with Gasteiger partial charge in [-0.2, -0.15) is 0 Å². The molecule has 0 amide bonds. The Kier molecular flexibility index (Phi) is 4.19. The Hall–Kier alpha value is -2.06. The molecule has 0 atom stereocenters. The van der Waals surface area contributed by atoms with E-state index in [9.17, 15) is 16.8 Å². The van der Waals surface area contributed by atoms with Gasteiger partial charge in [-0.1, -0.05) is 18.2 Å². The van der Waals surface area contributed by atoms with Crippen molar-refractivity contribution in [2.24, 2.45) is 0 Å². The van der Waals surface area contributed by atoms with Crippen molar-refractivity contribution in [3.05, 3.63) is 54.6 Å². The van der Waals surface area contributed by atoms with Gasteiger partial charge in [0.15, 0.2) is 0 Å². The first-order valence-corrected chi connectivity index (χ1v) is 9.29. The zero-order valence-corrected chi connectivity index (χ0v) is 12.8. The second-order valence-corrected chi connectivity index (χ2v) is 7.80. The largest absolute Gasteiger partial charge is 0.284 e. The molecular formula is C13H14N2O4S2. The summed E-state index contributed by atoms with van der Waals surface area (Å²) < 4.78 is 51.2. The average molecular weight is 326 g/mol. The van der Waals surface area contributed by atoms with E-state index in [0.717, 1.165) is 6.26 Å². The number of sulfonamides is 2. The normalized spacial score (nSPS) is 11.9. The molecule has 0 saturated heterocycles. The first-order chi connectivity index (χ1) is 9.76. The van der Waals surface area contributed by atoms with Gasteiger partial charge in [0.05, 0.1) is 11.2 Å². The molecule has 2 aromatic carbocycles. The molecule has 0 saturated carbocycles. The predicted octanol–water partition coefficient (Wildman–Crippen LogP) is 1.86. The van der Waals surface area contributed by atoms with Crippen molar-refractivity contribution in [3.8, 4) is 0 Å². The summed E-state index contributed by atoms with van der Waals surface area (Å²) in [7, 11) is -7.09. The fourth-order valence-corrected chi connectivity index (χ4v) is 3.26. The molecule has 0 aromatic heterocycles. The summed E-state index contributed by atoms with van der Waals surface area (Å²) in [5.41, 5.74) is 0.756. The van der Waals surface area contributed by atoms with Gasteiger partial charge in [-0.15, -0.1) is 0 Å². The third-order valence-electron chi connectivity index (χ3n) is 2.49. The van der Waals surface area contributed by atoms with Crippen molar-refractivity contribution in [1.82, 2.24) is 0 Å². The number of hydrogen-bond acceptors (Lipinski definition) is 4. The molecule has 21 heavy (non-hydrogen) atoms. The highest BCUT2D eigenvalue weighted by Gasteiger charge is 2.14. The van der Waals surface area contributed by atoms with Gasteiger partial charge in [-0.3, -0.25) is 9.44 Å². The molecule has 0 heterocycles. The van der Waals surface area contributed by atoms with Crippen LogP contribution in [0.2, 0.25) is 0 Å². The van der Waals surface area contributed by atoms with E-state index in [2.05, 4.69) is 9.44 Å². The molecule has 0 unspecified atom stereocenters. The second-order valence-electron chi connectivity index (χ2n) is 4.37. The minimum absolute atomic E-state index is 0.0467. The lowest BCUT2D eigenvalue weighted by atomic mass is 10.3. The molecule has 0 bridgehead atoms. The van der Waals surface area contributed by atoms with Crippen LogP contribution in [0.3, 0.4) is 0 Å². The summed E-state index contributed by atoms with van der Waals surface area (Å²) in [4.78, 5) is 0.0467. The Bertz CT molecular complexity index is 814. The van der Waals surface area contributed by atoms with E-state index in [1.807, 2.05) is 0 Å². The molecule has 112 valence electrons. The molecule has 0 spiro atoms. The summed E-state index contributed by atoms with van der Waals surface area (Å²) in [6.07, 6.45) is 1.02. The minimum atomic E-state index is -3.70. The highest BCUT2D eigenvalue weighted by atomic mass is 32.2. The SMILES string of the molecule is CS(=O)(=O)Nc1ccc(S(=O)(=O)Nc2ccccc2)cc1. The van der Waals surface area contributed by atoms with Gasteiger partial charge in [-0.05, 0) is 36.4 Å². The summed E-state index contributed by atoms with van der Waals surface area (Å²) >= 11 is 0. The quantitative estimate of drug-likeness (QED) is 0.877. The Morgan fingerprint density at radius 1 is 0.714 bits per heavy atom. The van der Waals surface area contributed by atoms with E-state index in [0.29, 0.717) is 11.4 Å². The van der Waals surface area contributed by atoms with Crippen LogP contribution < -0.4 is 9.44 Å². The molecule has 2 rings (SSSR count). The fraction of sp³-hybridized carbons (Fsp3) is 0.0769. The Morgan fingerprint density at radius 3 is 1.76 bits per heavy atom. The maximum Gasteiger partial charge on any atom is 0.261 e. The molecule has 0 radical (unpaired) electrons. The van der Waals surface area contributed by atoms with Gasteiger partial charge < -0.3 is 0 Å². The van der Waals surface area contributed by atoms with Crippen LogP contribution >= 0.6 is 0 Å². The second kappa shape index (κ2) is 5.74. The van der Waals surface area contributed by atoms with Crippen molar-refractivity contribution in [1.29, 1.82) is 0 Å². The van der Waals surface area contributed by atoms with Gasteiger partial charge in [-0.25, -0.2) is 16.8 Å². The van der Waals surface area contributed by atoms with Gasteiger partial charge in [0.2, 0.25) is 10.0 Å². The Balaban J connectivity index is 2.21. The minimum Gasteiger partial charge on any atom is -0.284 e. The maximum absolute atomic E-state index is 12.1. The van der Waals surface area contributed by atoms with E-state index in [1.54, 1.807) is 30.3 Å². The number of rotatable bonds is 5. The molecule has 0 aliphatic rings. The van der Waals surface area contributed by atoms with Crippen LogP contribution in [-0.4, -0.2) is 23.1 Å². The number of hydrogen-bond donors (Lipinski definition) is 2. The zero-order chi connectivity index (χ0) is 15.5. The number of nitrogens with one attached hydrogen (secondary N) is 2. The van der Waals surface area contributed by atoms with Crippen molar-refractivity contribution in [2.45, 2.75) is 4.90 Å². The van der Waals surface area contributed by atoms with Gasteiger partial charge in [0, 0.05) is 11.4 Å². The van der Waals surface area contributed by atoms with E-state index in [-0.39, 0.29) is 4.90 Å². The zero-order valence-electron chi connectivity index (χ0n) is 11.1. The van der Waals surface area contributed by atoms with E-state index < -0.39 is 20.0 Å². The third-order valence-corrected chi connectivity index (χ3v) is 4.50. The van der Waals surface area contributed by atoms with Crippen molar-refractivity contribution in [2.75, 3.05) is 15.7 Å². The molecule has 2 N–H and O–H groups in total. The predicted molar refractivity (Wildman–Crippen MR) is 82.2 cm³/mol. The third kappa shape index (κ3) is 4.47. The van der Waals surface area contributed by atoms with Crippen LogP contribution in [0.1, 0.15) is 0 Å². The Labute approximate surface area is 123 Å². The molecule has 8 heteroatoms. The van der Waals surface area contributed by atoms with Crippen molar-refractivity contribution >= 4 is 31.4 Å². The van der Waals surface area contributed by atoms with E-state index in [4.69, 9.17) is 0 Å². The fourth-order valence-electron chi connectivity index (χ4n) is 1.64. The molecular weight excluding hydrogens is 312 g/mol.